The summed E-state index contributed by atoms with van der Waals surface area (Å²) in [5.41, 5.74) is 2.88. The molecule has 3 heteroatoms. The maximum Gasteiger partial charge on any atom is 0.124 e. The summed E-state index contributed by atoms with van der Waals surface area (Å²) in [6.45, 7) is 7.95. The number of rotatable bonds is 5. The molecule has 3 nitrogen and oxygen atoms in total. The van der Waals surface area contributed by atoms with Crippen molar-refractivity contribution in [3.8, 4) is 11.5 Å². The van der Waals surface area contributed by atoms with Gasteiger partial charge in [0, 0.05) is 12.6 Å². The topological polar surface area (TPSA) is 30.5 Å². The molecule has 0 saturated heterocycles. The highest BCUT2D eigenvalue weighted by molar-refractivity contribution is 5.42. The van der Waals surface area contributed by atoms with Gasteiger partial charge in [0.25, 0.3) is 0 Å². The molecule has 1 N–H and O–H groups in total. The van der Waals surface area contributed by atoms with Crippen LogP contribution in [-0.2, 0) is 6.42 Å². The van der Waals surface area contributed by atoms with Crippen molar-refractivity contribution in [3.63, 3.8) is 0 Å². The Morgan fingerprint density at radius 1 is 0.966 bits per heavy atom. The highest BCUT2D eigenvalue weighted by Crippen LogP contribution is 2.37. The standard InChI is InChI=1S/C26H35NO2/c1-26(2,3)18-27-21-10-12-22(13-11-21)28-23-14-16-25-20(17-23)9-15-24(29-25)19-7-5-4-6-8-19/h4-8,14,16-17,21-22,24,27H,9-13,15,18H2,1-3H3. The molecule has 0 spiro atoms. The fourth-order valence-electron chi connectivity index (χ4n) is 4.37. The molecule has 29 heavy (non-hydrogen) atoms. The molecule has 0 aromatic heterocycles. The first-order valence-electron chi connectivity index (χ1n) is 11.2. The van der Waals surface area contributed by atoms with E-state index in [0.717, 1.165) is 43.7 Å². The van der Waals surface area contributed by atoms with Crippen LogP contribution in [-0.4, -0.2) is 18.7 Å². The Bertz CT molecular complexity index is 788. The van der Waals surface area contributed by atoms with E-state index in [4.69, 9.17) is 9.47 Å². The monoisotopic (exact) mass is 393 g/mol. The minimum Gasteiger partial charge on any atom is -0.490 e. The Labute approximate surface area is 175 Å². The zero-order valence-electron chi connectivity index (χ0n) is 18.1. The van der Waals surface area contributed by atoms with Gasteiger partial charge in [-0.1, -0.05) is 51.1 Å². The van der Waals surface area contributed by atoms with Gasteiger partial charge in [-0.3, -0.25) is 0 Å². The third kappa shape index (κ3) is 5.54. The number of benzene rings is 2. The van der Waals surface area contributed by atoms with E-state index >= 15 is 0 Å². The number of aryl methyl sites for hydroxylation is 1. The van der Waals surface area contributed by atoms with Crippen LogP contribution in [0.15, 0.2) is 48.5 Å². The average Bonchev–Trinajstić information content (AvgIpc) is 2.73. The molecule has 1 heterocycles. The van der Waals surface area contributed by atoms with Crippen molar-refractivity contribution in [2.45, 2.75) is 77.5 Å². The lowest BCUT2D eigenvalue weighted by atomic mass is 9.90. The van der Waals surface area contributed by atoms with Crippen LogP contribution in [0.1, 0.15) is 70.1 Å². The normalized spacial score (nSPS) is 24.4. The smallest absolute Gasteiger partial charge is 0.124 e. The van der Waals surface area contributed by atoms with Gasteiger partial charge >= 0.3 is 0 Å². The van der Waals surface area contributed by atoms with E-state index in [9.17, 15) is 0 Å². The lowest BCUT2D eigenvalue weighted by Gasteiger charge is -2.32. The number of fused-ring (bicyclic) bond motifs is 1. The molecule has 0 radical (unpaired) electrons. The van der Waals surface area contributed by atoms with Gasteiger partial charge in [0.2, 0.25) is 0 Å². The second kappa shape index (κ2) is 8.79. The van der Waals surface area contributed by atoms with Crippen molar-refractivity contribution in [1.29, 1.82) is 0 Å². The minimum atomic E-state index is 0.159. The maximum absolute atomic E-state index is 6.34. The molecule has 2 aliphatic rings. The molecular weight excluding hydrogens is 358 g/mol. The van der Waals surface area contributed by atoms with Crippen LogP contribution in [0.25, 0.3) is 0 Å². The molecule has 0 bridgehead atoms. The minimum absolute atomic E-state index is 0.159. The van der Waals surface area contributed by atoms with Crippen molar-refractivity contribution >= 4 is 0 Å². The second-order valence-corrected chi connectivity index (χ2v) is 9.86. The van der Waals surface area contributed by atoms with E-state index in [0.29, 0.717) is 17.6 Å². The van der Waals surface area contributed by atoms with Gasteiger partial charge in [0.15, 0.2) is 0 Å². The molecular formula is C26H35NO2. The van der Waals surface area contributed by atoms with E-state index in [-0.39, 0.29) is 6.10 Å². The van der Waals surface area contributed by atoms with Gasteiger partial charge in [0.05, 0.1) is 6.10 Å². The van der Waals surface area contributed by atoms with Crippen molar-refractivity contribution in [2.24, 2.45) is 5.41 Å². The number of nitrogens with one attached hydrogen (secondary N) is 1. The molecule has 1 aliphatic carbocycles. The van der Waals surface area contributed by atoms with Gasteiger partial charge in [-0.05, 0) is 73.3 Å². The molecule has 156 valence electrons. The SMILES string of the molecule is CC(C)(C)CNC1CCC(Oc2ccc3c(c2)CCC(c2ccccc2)O3)CC1. The van der Waals surface area contributed by atoms with Crippen LogP contribution in [0.3, 0.4) is 0 Å². The predicted molar refractivity (Wildman–Crippen MR) is 119 cm³/mol. The van der Waals surface area contributed by atoms with Crippen LogP contribution in [0, 0.1) is 5.41 Å². The second-order valence-electron chi connectivity index (χ2n) is 9.86. The van der Waals surface area contributed by atoms with Crippen LogP contribution in [0.4, 0.5) is 0 Å². The van der Waals surface area contributed by atoms with Crippen LogP contribution in [0.2, 0.25) is 0 Å². The van der Waals surface area contributed by atoms with Crippen LogP contribution < -0.4 is 14.8 Å². The first kappa shape index (κ1) is 20.3. The quantitative estimate of drug-likeness (QED) is 0.668. The fraction of sp³-hybridized carbons (Fsp3) is 0.538. The average molecular weight is 394 g/mol. The zero-order valence-corrected chi connectivity index (χ0v) is 18.1. The predicted octanol–water partition coefficient (Wildman–Crippen LogP) is 6.08. The highest BCUT2D eigenvalue weighted by Gasteiger charge is 2.25. The van der Waals surface area contributed by atoms with Crippen molar-refractivity contribution in [1.82, 2.24) is 5.32 Å². The molecule has 4 rings (SSSR count). The molecule has 0 amide bonds. The summed E-state index contributed by atoms with van der Waals surface area (Å²) < 4.78 is 12.6. The molecule has 2 aromatic carbocycles. The molecule has 1 aliphatic heterocycles. The Hall–Kier alpha value is -2.00. The lowest BCUT2D eigenvalue weighted by Crippen LogP contribution is -2.40. The summed E-state index contributed by atoms with van der Waals surface area (Å²) in [5, 5.41) is 3.73. The third-order valence-corrected chi connectivity index (χ3v) is 6.05. The third-order valence-electron chi connectivity index (χ3n) is 6.05. The first-order chi connectivity index (χ1) is 14.0. The maximum atomic E-state index is 6.34. The molecule has 1 saturated carbocycles. The van der Waals surface area contributed by atoms with Gasteiger partial charge in [0.1, 0.15) is 17.6 Å². The highest BCUT2D eigenvalue weighted by atomic mass is 16.5. The fourth-order valence-corrected chi connectivity index (χ4v) is 4.37. The van der Waals surface area contributed by atoms with E-state index in [1.165, 1.54) is 24.0 Å². The largest absolute Gasteiger partial charge is 0.490 e. The Kier molecular flexibility index (Phi) is 6.15. The number of hydrogen-bond donors (Lipinski definition) is 1. The molecule has 1 atom stereocenters. The Morgan fingerprint density at radius 2 is 1.72 bits per heavy atom. The summed E-state index contributed by atoms with van der Waals surface area (Å²) in [4.78, 5) is 0. The van der Waals surface area contributed by atoms with Gasteiger partial charge in [-0.2, -0.15) is 0 Å². The Balaban J connectivity index is 1.29. The van der Waals surface area contributed by atoms with E-state index in [2.05, 4.69) is 74.6 Å². The van der Waals surface area contributed by atoms with Gasteiger partial charge in [-0.25, -0.2) is 0 Å². The van der Waals surface area contributed by atoms with E-state index in [1.54, 1.807) is 0 Å². The van der Waals surface area contributed by atoms with Crippen molar-refractivity contribution in [2.75, 3.05) is 6.54 Å². The van der Waals surface area contributed by atoms with E-state index in [1.807, 2.05) is 0 Å². The zero-order chi connectivity index (χ0) is 20.3. The van der Waals surface area contributed by atoms with Gasteiger partial charge in [-0.15, -0.1) is 0 Å². The lowest BCUT2D eigenvalue weighted by molar-refractivity contribution is 0.135. The van der Waals surface area contributed by atoms with Crippen LogP contribution in [0.5, 0.6) is 11.5 Å². The summed E-state index contributed by atoms with van der Waals surface area (Å²) in [5.74, 6) is 2.00. The summed E-state index contributed by atoms with van der Waals surface area (Å²) >= 11 is 0. The van der Waals surface area contributed by atoms with Crippen LogP contribution >= 0.6 is 0 Å². The molecule has 2 aromatic rings. The molecule has 1 unspecified atom stereocenters. The summed E-state index contributed by atoms with van der Waals surface area (Å²) in [6.07, 6.45) is 7.21. The van der Waals surface area contributed by atoms with Crippen molar-refractivity contribution < 1.29 is 9.47 Å². The number of hydrogen-bond acceptors (Lipinski definition) is 3. The Morgan fingerprint density at radius 3 is 2.45 bits per heavy atom. The molecule has 1 fully saturated rings. The summed E-state index contributed by atoms with van der Waals surface area (Å²) in [7, 11) is 0. The van der Waals surface area contributed by atoms with Gasteiger partial charge < -0.3 is 14.8 Å². The summed E-state index contributed by atoms with van der Waals surface area (Å²) in [6, 6.07) is 17.5. The van der Waals surface area contributed by atoms with E-state index < -0.39 is 0 Å². The van der Waals surface area contributed by atoms with Crippen molar-refractivity contribution in [3.05, 3.63) is 59.7 Å². The first-order valence-corrected chi connectivity index (χ1v) is 11.2. The number of ether oxygens (including phenoxy) is 2.